The molecular weight excluding hydrogens is 244 g/mol. The van der Waals surface area contributed by atoms with Gasteiger partial charge in [0.1, 0.15) is 5.41 Å². The smallest absolute Gasteiger partial charge is 0.320 e. The lowest BCUT2D eigenvalue weighted by Gasteiger charge is -2.20. The van der Waals surface area contributed by atoms with Crippen LogP contribution in [0, 0.1) is 17.0 Å². The van der Waals surface area contributed by atoms with Crippen molar-refractivity contribution in [3.63, 3.8) is 0 Å². The maximum atomic E-state index is 12.9. The topological polar surface area (TPSA) is 55.4 Å². The third kappa shape index (κ3) is 2.82. The molecule has 0 aliphatic rings. The number of amides is 1. The molecule has 1 amide bonds. The lowest BCUT2D eigenvalue weighted by molar-refractivity contribution is -0.154. The summed E-state index contributed by atoms with van der Waals surface area (Å²) in [6.45, 7) is 2.74. The van der Waals surface area contributed by atoms with Gasteiger partial charge in [-0.3, -0.25) is 9.59 Å². The zero-order valence-corrected chi connectivity index (χ0v) is 10.2. The number of anilines is 1. The fourth-order valence-corrected chi connectivity index (χ4v) is 1.21. The zero-order chi connectivity index (χ0) is 13.9. The van der Waals surface area contributed by atoms with E-state index in [1.54, 1.807) is 0 Å². The maximum absolute atomic E-state index is 12.9. The summed E-state index contributed by atoms with van der Waals surface area (Å²) in [5, 5.41) is 2.32. The van der Waals surface area contributed by atoms with Gasteiger partial charge >= 0.3 is 5.97 Å². The predicted molar refractivity (Wildman–Crippen MR) is 60.8 cm³/mol. The number of benzene rings is 1. The minimum absolute atomic E-state index is 0.0656. The molecule has 4 nitrogen and oxygen atoms in total. The molecule has 1 aromatic rings. The molecule has 0 heterocycles. The number of rotatable bonds is 3. The quantitative estimate of drug-likeness (QED) is 0.666. The lowest BCUT2D eigenvalue weighted by Crippen LogP contribution is -2.38. The highest BCUT2D eigenvalue weighted by Gasteiger charge is 2.37. The molecule has 0 saturated carbocycles. The monoisotopic (exact) mass is 257 g/mol. The van der Waals surface area contributed by atoms with Crippen LogP contribution in [0.5, 0.6) is 0 Å². The Morgan fingerprint density at radius 3 is 2.33 bits per heavy atom. The molecule has 0 radical (unpaired) electrons. The van der Waals surface area contributed by atoms with Gasteiger partial charge in [0.2, 0.25) is 5.91 Å². The number of hydrogen-bond acceptors (Lipinski definition) is 3. The Morgan fingerprint density at radius 1 is 1.22 bits per heavy atom. The van der Waals surface area contributed by atoms with Crippen LogP contribution in [0.25, 0.3) is 0 Å². The third-order valence-corrected chi connectivity index (χ3v) is 2.44. The van der Waals surface area contributed by atoms with Gasteiger partial charge in [-0.15, -0.1) is 0 Å². The molecule has 0 unspecified atom stereocenters. The van der Waals surface area contributed by atoms with E-state index in [-0.39, 0.29) is 5.69 Å². The molecule has 98 valence electrons. The van der Waals surface area contributed by atoms with Crippen LogP contribution in [0.15, 0.2) is 18.2 Å². The van der Waals surface area contributed by atoms with Gasteiger partial charge < -0.3 is 10.1 Å². The normalized spacial score (nSPS) is 10.9. The minimum atomic E-state index is -1.42. The van der Waals surface area contributed by atoms with E-state index in [4.69, 9.17) is 0 Å². The average molecular weight is 257 g/mol. The van der Waals surface area contributed by atoms with Crippen LogP contribution in [0.4, 0.5) is 14.5 Å². The van der Waals surface area contributed by atoms with Crippen molar-refractivity contribution in [1.29, 1.82) is 0 Å². The largest absolute Gasteiger partial charge is 0.468 e. The number of halogens is 2. The second kappa shape index (κ2) is 5.12. The Kier molecular flexibility index (Phi) is 4.00. The van der Waals surface area contributed by atoms with Gasteiger partial charge in [-0.1, -0.05) is 0 Å². The van der Waals surface area contributed by atoms with E-state index in [2.05, 4.69) is 10.1 Å². The Hall–Kier alpha value is -1.98. The predicted octanol–water partition coefficient (Wildman–Crippen LogP) is 2.10. The van der Waals surface area contributed by atoms with E-state index in [0.717, 1.165) is 19.2 Å². The first-order chi connectivity index (χ1) is 8.28. The molecule has 1 aromatic carbocycles. The molecule has 0 aliphatic heterocycles. The van der Waals surface area contributed by atoms with Crippen LogP contribution in [-0.4, -0.2) is 19.0 Å². The lowest BCUT2D eigenvalue weighted by atomic mass is 9.92. The van der Waals surface area contributed by atoms with E-state index in [0.29, 0.717) is 0 Å². The maximum Gasteiger partial charge on any atom is 0.320 e. The van der Waals surface area contributed by atoms with E-state index in [1.807, 2.05) is 0 Å². The summed E-state index contributed by atoms with van der Waals surface area (Å²) in [5.41, 5.74) is -1.35. The first-order valence-corrected chi connectivity index (χ1v) is 5.14. The van der Waals surface area contributed by atoms with Gasteiger partial charge in [-0.05, 0) is 26.0 Å². The Morgan fingerprint density at radius 2 is 1.83 bits per heavy atom. The Bertz CT molecular complexity index is 486. The van der Waals surface area contributed by atoms with Gasteiger partial charge in [-0.25, -0.2) is 8.78 Å². The first-order valence-electron chi connectivity index (χ1n) is 5.14. The summed E-state index contributed by atoms with van der Waals surface area (Å²) in [6.07, 6.45) is 0. The molecule has 0 spiro atoms. The summed E-state index contributed by atoms with van der Waals surface area (Å²) in [6, 6.07) is 2.92. The van der Waals surface area contributed by atoms with Crippen LogP contribution in [0.1, 0.15) is 13.8 Å². The van der Waals surface area contributed by atoms with E-state index in [1.165, 1.54) is 19.9 Å². The van der Waals surface area contributed by atoms with Crippen molar-refractivity contribution < 1.29 is 23.1 Å². The second-order valence-electron chi connectivity index (χ2n) is 4.20. The molecule has 0 aliphatic carbocycles. The molecule has 0 fully saturated rings. The highest BCUT2D eigenvalue weighted by Crippen LogP contribution is 2.21. The van der Waals surface area contributed by atoms with Crippen molar-refractivity contribution in [2.24, 2.45) is 5.41 Å². The standard InChI is InChI=1S/C12H13F2NO3/c1-12(2,11(17)18-3)10(16)15-7-4-5-8(13)9(14)6-7/h4-6H,1-3H3,(H,15,16). The number of nitrogens with one attached hydrogen (secondary N) is 1. The SMILES string of the molecule is COC(=O)C(C)(C)C(=O)Nc1ccc(F)c(F)c1. The molecule has 0 aromatic heterocycles. The van der Waals surface area contributed by atoms with Crippen molar-refractivity contribution in [2.45, 2.75) is 13.8 Å². The summed E-state index contributed by atoms with van der Waals surface area (Å²) in [4.78, 5) is 23.2. The number of ether oxygens (including phenoxy) is 1. The summed E-state index contributed by atoms with van der Waals surface area (Å²) in [7, 11) is 1.16. The van der Waals surface area contributed by atoms with Crippen molar-refractivity contribution in [3.05, 3.63) is 29.8 Å². The van der Waals surface area contributed by atoms with Crippen LogP contribution < -0.4 is 5.32 Å². The molecular formula is C12H13F2NO3. The third-order valence-electron chi connectivity index (χ3n) is 2.44. The van der Waals surface area contributed by atoms with Crippen LogP contribution in [0.2, 0.25) is 0 Å². The minimum Gasteiger partial charge on any atom is -0.468 e. The second-order valence-corrected chi connectivity index (χ2v) is 4.20. The highest BCUT2D eigenvalue weighted by molar-refractivity contribution is 6.08. The highest BCUT2D eigenvalue weighted by atomic mass is 19.2. The molecule has 1 N–H and O–H groups in total. The van der Waals surface area contributed by atoms with Crippen LogP contribution in [0.3, 0.4) is 0 Å². The van der Waals surface area contributed by atoms with E-state index >= 15 is 0 Å². The summed E-state index contributed by atoms with van der Waals surface area (Å²) in [5.74, 6) is -3.48. The van der Waals surface area contributed by atoms with E-state index in [9.17, 15) is 18.4 Å². The number of hydrogen-bond donors (Lipinski definition) is 1. The molecule has 1 rings (SSSR count). The van der Waals surface area contributed by atoms with Crippen molar-refractivity contribution in [1.82, 2.24) is 0 Å². The summed E-state index contributed by atoms with van der Waals surface area (Å²) >= 11 is 0. The summed E-state index contributed by atoms with van der Waals surface area (Å²) < 4.78 is 30.1. The van der Waals surface area contributed by atoms with Crippen molar-refractivity contribution >= 4 is 17.6 Å². The number of carbonyl (C=O) groups excluding carboxylic acids is 2. The van der Waals surface area contributed by atoms with Gasteiger partial charge in [0.25, 0.3) is 0 Å². The fraction of sp³-hybridized carbons (Fsp3) is 0.333. The molecule has 0 atom stereocenters. The van der Waals surface area contributed by atoms with Crippen LogP contribution in [-0.2, 0) is 14.3 Å². The van der Waals surface area contributed by atoms with Gasteiger partial charge in [0, 0.05) is 11.8 Å². The Labute approximate surface area is 103 Å². The molecule has 0 saturated heterocycles. The van der Waals surface area contributed by atoms with Crippen LogP contribution >= 0.6 is 0 Å². The molecule has 0 bridgehead atoms. The molecule has 6 heteroatoms. The number of esters is 1. The zero-order valence-electron chi connectivity index (χ0n) is 10.2. The first kappa shape index (κ1) is 14.1. The van der Waals surface area contributed by atoms with Gasteiger partial charge in [0.05, 0.1) is 7.11 Å². The Balaban J connectivity index is 2.87. The van der Waals surface area contributed by atoms with Crippen molar-refractivity contribution in [3.8, 4) is 0 Å². The number of methoxy groups -OCH3 is 1. The average Bonchev–Trinajstić information content (AvgIpc) is 2.32. The van der Waals surface area contributed by atoms with Gasteiger partial charge in [-0.2, -0.15) is 0 Å². The number of carbonyl (C=O) groups is 2. The fourth-order valence-electron chi connectivity index (χ4n) is 1.21. The molecule has 18 heavy (non-hydrogen) atoms. The van der Waals surface area contributed by atoms with E-state index < -0.39 is 28.9 Å². The van der Waals surface area contributed by atoms with Crippen molar-refractivity contribution in [2.75, 3.05) is 12.4 Å². The van der Waals surface area contributed by atoms with Gasteiger partial charge in [0.15, 0.2) is 11.6 Å².